The van der Waals surface area contributed by atoms with Crippen LogP contribution < -0.4 is 16.2 Å². The van der Waals surface area contributed by atoms with Crippen LogP contribution in [0.3, 0.4) is 0 Å². The van der Waals surface area contributed by atoms with E-state index in [1.807, 2.05) is 13.0 Å². The Labute approximate surface area is 172 Å². The highest BCUT2D eigenvalue weighted by molar-refractivity contribution is 5.91. The molecule has 4 rings (SSSR count). The number of carbonyl (C=O) groups excluding carboxylic acids is 1. The van der Waals surface area contributed by atoms with Gasteiger partial charge in [0.1, 0.15) is 5.82 Å². The van der Waals surface area contributed by atoms with E-state index in [1.165, 1.54) is 28.1 Å². The van der Waals surface area contributed by atoms with Crippen LogP contribution in [-0.2, 0) is 11.9 Å². The molecule has 1 aromatic heterocycles. The second kappa shape index (κ2) is 7.75. The number of benzene rings is 2. The molecule has 0 aliphatic carbocycles. The average molecular weight is 411 g/mol. The van der Waals surface area contributed by atoms with E-state index in [4.69, 9.17) is 4.84 Å². The number of rotatable bonds is 3. The summed E-state index contributed by atoms with van der Waals surface area (Å²) in [6.45, 7) is 4.52. The van der Waals surface area contributed by atoms with Crippen molar-refractivity contribution in [3.8, 4) is 0 Å². The number of hydrogen-bond acceptors (Lipinski definition) is 5. The molecule has 1 fully saturated rings. The SMILES string of the molecule is Cc1cc(F)c(NC(=O)N2CCCO2)cc1Nc1ccc2ncn(C)c(=O)c2c1C. The summed E-state index contributed by atoms with van der Waals surface area (Å²) in [5.41, 5.74) is 3.20. The molecule has 0 bridgehead atoms. The summed E-state index contributed by atoms with van der Waals surface area (Å²) in [5, 5.41) is 7.50. The van der Waals surface area contributed by atoms with Gasteiger partial charge in [-0.1, -0.05) is 0 Å². The minimum Gasteiger partial charge on any atom is -0.355 e. The summed E-state index contributed by atoms with van der Waals surface area (Å²) in [6, 6.07) is 5.95. The zero-order chi connectivity index (χ0) is 21.4. The van der Waals surface area contributed by atoms with Gasteiger partial charge in [0, 0.05) is 18.4 Å². The molecule has 1 saturated heterocycles. The second-order valence-corrected chi connectivity index (χ2v) is 7.28. The molecule has 2 aromatic carbocycles. The molecule has 9 heteroatoms. The van der Waals surface area contributed by atoms with Gasteiger partial charge in [0.25, 0.3) is 5.56 Å². The number of urea groups is 1. The maximum Gasteiger partial charge on any atom is 0.345 e. The predicted molar refractivity (Wildman–Crippen MR) is 112 cm³/mol. The van der Waals surface area contributed by atoms with Gasteiger partial charge in [-0.15, -0.1) is 0 Å². The Hall–Kier alpha value is -3.46. The summed E-state index contributed by atoms with van der Waals surface area (Å²) >= 11 is 0. The van der Waals surface area contributed by atoms with Gasteiger partial charge in [-0.05, 0) is 55.7 Å². The van der Waals surface area contributed by atoms with Crippen LogP contribution >= 0.6 is 0 Å². The third kappa shape index (κ3) is 3.59. The van der Waals surface area contributed by atoms with Gasteiger partial charge in [0.05, 0.1) is 36.1 Å². The zero-order valence-corrected chi connectivity index (χ0v) is 17.0. The molecule has 0 radical (unpaired) electrons. The van der Waals surface area contributed by atoms with Crippen molar-refractivity contribution in [1.29, 1.82) is 0 Å². The molecule has 30 heavy (non-hydrogen) atoms. The first kappa shape index (κ1) is 19.8. The van der Waals surface area contributed by atoms with E-state index >= 15 is 0 Å². The topological polar surface area (TPSA) is 88.5 Å². The molecule has 0 unspecified atom stereocenters. The number of fused-ring (bicyclic) bond motifs is 1. The Kier molecular flexibility index (Phi) is 5.13. The van der Waals surface area contributed by atoms with Crippen LogP contribution in [0, 0.1) is 19.7 Å². The van der Waals surface area contributed by atoms with Gasteiger partial charge < -0.3 is 15.2 Å². The van der Waals surface area contributed by atoms with E-state index in [2.05, 4.69) is 15.6 Å². The van der Waals surface area contributed by atoms with Crippen LogP contribution in [-0.4, -0.2) is 33.8 Å². The number of anilines is 3. The highest BCUT2D eigenvalue weighted by atomic mass is 19.1. The molecular formula is C21H22FN5O3. The fourth-order valence-electron chi connectivity index (χ4n) is 3.42. The summed E-state index contributed by atoms with van der Waals surface area (Å²) in [5.74, 6) is -0.543. The van der Waals surface area contributed by atoms with Crippen molar-refractivity contribution < 1.29 is 14.0 Å². The Balaban J connectivity index is 1.68. The molecule has 8 nitrogen and oxygen atoms in total. The van der Waals surface area contributed by atoms with Crippen LogP contribution in [0.2, 0.25) is 0 Å². The highest BCUT2D eigenvalue weighted by Gasteiger charge is 2.21. The Morgan fingerprint density at radius 3 is 2.73 bits per heavy atom. The third-order valence-electron chi connectivity index (χ3n) is 5.15. The number of aryl methyl sites for hydroxylation is 3. The first-order valence-electron chi connectivity index (χ1n) is 9.58. The van der Waals surface area contributed by atoms with E-state index in [-0.39, 0.29) is 11.2 Å². The van der Waals surface area contributed by atoms with Crippen LogP contribution in [0.25, 0.3) is 10.9 Å². The fraction of sp³-hybridized carbons (Fsp3) is 0.286. The van der Waals surface area contributed by atoms with Crippen LogP contribution in [0.1, 0.15) is 17.5 Å². The standard InChI is InChI=1S/C21H22FN5O3/c1-12-9-14(22)18(25-21(29)27-7-4-8-30-27)10-17(12)24-15-5-6-16-19(13(15)2)20(28)26(3)11-23-16/h5-6,9-11,24H,4,7-8H2,1-3H3,(H,25,29). The summed E-state index contributed by atoms with van der Waals surface area (Å²) in [7, 11) is 1.65. The Morgan fingerprint density at radius 1 is 1.20 bits per heavy atom. The highest BCUT2D eigenvalue weighted by Crippen LogP contribution is 2.30. The van der Waals surface area contributed by atoms with Crippen molar-refractivity contribution in [2.24, 2.45) is 7.05 Å². The Morgan fingerprint density at radius 2 is 2.00 bits per heavy atom. The van der Waals surface area contributed by atoms with E-state index in [9.17, 15) is 14.0 Å². The molecular weight excluding hydrogens is 389 g/mol. The maximum atomic E-state index is 14.4. The van der Waals surface area contributed by atoms with Crippen molar-refractivity contribution in [2.75, 3.05) is 23.8 Å². The van der Waals surface area contributed by atoms with Gasteiger partial charge in [-0.25, -0.2) is 19.2 Å². The summed E-state index contributed by atoms with van der Waals surface area (Å²) < 4.78 is 15.9. The third-order valence-corrected chi connectivity index (χ3v) is 5.15. The minimum absolute atomic E-state index is 0.0413. The molecule has 156 valence electrons. The molecule has 3 aromatic rings. The van der Waals surface area contributed by atoms with E-state index in [1.54, 1.807) is 20.0 Å². The van der Waals surface area contributed by atoms with Crippen LogP contribution in [0.5, 0.6) is 0 Å². The van der Waals surface area contributed by atoms with E-state index in [0.29, 0.717) is 41.0 Å². The molecule has 0 saturated carbocycles. The molecule has 1 aliphatic heterocycles. The first-order valence-corrected chi connectivity index (χ1v) is 9.58. The van der Waals surface area contributed by atoms with Gasteiger partial charge >= 0.3 is 6.03 Å². The van der Waals surface area contributed by atoms with Crippen LogP contribution in [0.4, 0.5) is 26.2 Å². The van der Waals surface area contributed by atoms with Crippen molar-refractivity contribution in [3.05, 3.63) is 57.9 Å². The number of aromatic nitrogens is 2. The normalized spacial score (nSPS) is 13.7. The lowest BCUT2D eigenvalue weighted by Crippen LogP contribution is -2.31. The molecule has 2 amide bonds. The fourth-order valence-corrected chi connectivity index (χ4v) is 3.42. The smallest absolute Gasteiger partial charge is 0.345 e. The lowest BCUT2D eigenvalue weighted by atomic mass is 10.1. The largest absolute Gasteiger partial charge is 0.355 e. The number of hydrogen-bond donors (Lipinski definition) is 2. The molecule has 2 heterocycles. The van der Waals surface area contributed by atoms with Gasteiger partial charge in [0.15, 0.2) is 0 Å². The van der Waals surface area contributed by atoms with Crippen molar-refractivity contribution in [1.82, 2.24) is 14.6 Å². The zero-order valence-electron chi connectivity index (χ0n) is 17.0. The monoisotopic (exact) mass is 411 g/mol. The van der Waals surface area contributed by atoms with Crippen molar-refractivity contribution in [3.63, 3.8) is 0 Å². The lowest BCUT2D eigenvalue weighted by molar-refractivity contribution is -0.0614. The van der Waals surface area contributed by atoms with Gasteiger partial charge in [-0.2, -0.15) is 0 Å². The Bertz CT molecular complexity index is 1200. The molecule has 1 aliphatic rings. The van der Waals surface area contributed by atoms with Crippen LogP contribution in [0.15, 0.2) is 35.4 Å². The number of hydroxylamine groups is 2. The van der Waals surface area contributed by atoms with Gasteiger partial charge in [-0.3, -0.25) is 9.63 Å². The van der Waals surface area contributed by atoms with E-state index < -0.39 is 11.8 Å². The second-order valence-electron chi connectivity index (χ2n) is 7.28. The first-order chi connectivity index (χ1) is 14.3. The lowest BCUT2D eigenvalue weighted by Gasteiger charge is -2.18. The number of nitrogens with zero attached hydrogens (tertiary/aromatic N) is 3. The number of carbonyl (C=O) groups is 1. The average Bonchev–Trinajstić information content (AvgIpc) is 3.25. The van der Waals surface area contributed by atoms with Crippen molar-refractivity contribution in [2.45, 2.75) is 20.3 Å². The minimum atomic E-state index is -0.543. The quantitative estimate of drug-likeness (QED) is 0.688. The molecule has 0 atom stereocenters. The summed E-state index contributed by atoms with van der Waals surface area (Å²) in [4.78, 5) is 34.3. The number of halogens is 1. The van der Waals surface area contributed by atoms with Gasteiger partial charge in [0.2, 0.25) is 0 Å². The number of amides is 2. The maximum absolute atomic E-state index is 14.4. The summed E-state index contributed by atoms with van der Waals surface area (Å²) in [6.07, 6.45) is 2.23. The molecule has 2 N–H and O–H groups in total. The predicted octanol–water partition coefficient (Wildman–Crippen LogP) is 3.60. The van der Waals surface area contributed by atoms with Crippen molar-refractivity contribution >= 4 is 34.0 Å². The van der Waals surface area contributed by atoms with E-state index in [0.717, 1.165) is 12.0 Å². The number of nitrogens with one attached hydrogen (secondary N) is 2. The molecule has 0 spiro atoms.